The van der Waals surface area contributed by atoms with Gasteiger partial charge in [0.25, 0.3) is 0 Å². The largest absolute Gasteiger partial charge is 0.238 e. The van der Waals surface area contributed by atoms with Gasteiger partial charge < -0.3 is 0 Å². The second kappa shape index (κ2) is 15.3. The van der Waals surface area contributed by atoms with Gasteiger partial charge in [0.05, 0.1) is 6.57 Å². The molecule has 0 unspecified atom stereocenters. The zero-order valence-corrected chi connectivity index (χ0v) is 34.6. The van der Waals surface area contributed by atoms with Crippen molar-refractivity contribution in [1.29, 1.82) is 0 Å². The Labute approximate surface area is 371 Å². The summed E-state index contributed by atoms with van der Waals surface area (Å²) in [5, 5.41) is 4.80. The lowest BCUT2D eigenvalue weighted by atomic mass is 9.91. The Kier molecular flexibility index (Phi) is 8.84. The molecule has 12 rings (SSSR count). The van der Waals surface area contributed by atoms with Crippen LogP contribution in [-0.2, 0) is 0 Å². The SMILES string of the molecule is [C-]#[N+]c1ccc(-c2ccc(-c3ccccc3-c3nc(-c4ccccc4)nc(-c4cccc5ccccc45)n3)cc2)c(-c2ccc(-c3cc4c5c(cccc5c3)-c3ccccc3-4)cc2)c1. The van der Waals surface area contributed by atoms with E-state index < -0.39 is 0 Å². The molecule has 296 valence electrons. The standard InChI is InChI=1S/C60H36N4/c1-61-46-33-34-49(55(37-46)42-27-25-38(26-28-42)45-35-44-17-12-23-52-50-20-8-9-21-51(50)56(36-45)57(44)52)41-31-29-40(30-32-41)48-19-7-10-22-53(48)59-62-58(43-14-3-2-4-15-43)63-60(64-59)54-24-11-16-39-13-5-6-18-47(39)54/h2-37H. The third kappa shape index (κ3) is 6.35. The van der Waals surface area contributed by atoms with Gasteiger partial charge >= 0.3 is 0 Å². The topological polar surface area (TPSA) is 43.0 Å². The van der Waals surface area contributed by atoms with Crippen molar-refractivity contribution in [1.82, 2.24) is 15.0 Å². The monoisotopic (exact) mass is 812 g/mol. The van der Waals surface area contributed by atoms with Gasteiger partial charge in [-0.25, -0.2) is 19.8 Å². The van der Waals surface area contributed by atoms with Crippen molar-refractivity contribution in [2.45, 2.75) is 0 Å². The zero-order chi connectivity index (χ0) is 42.6. The minimum absolute atomic E-state index is 0.607. The van der Waals surface area contributed by atoms with Crippen molar-refractivity contribution >= 4 is 27.2 Å². The fourth-order valence-corrected chi connectivity index (χ4v) is 9.43. The van der Waals surface area contributed by atoms with Crippen molar-refractivity contribution in [2.24, 2.45) is 0 Å². The third-order valence-corrected chi connectivity index (χ3v) is 12.5. The van der Waals surface area contributed by atoms with Crippen LogP contribution in [0.2, 0.25) is 0 Å². The van der Waals surface area contributed by atoms with Gasteiger partial charge in [0.2, 0.25) is 0 Å². The normalized spacial score (nSPS) is 11.4. The molecule has 0 saturated carbocycles. The van der Waals surface area contributed by atoms with E-state index in [-0.39, 0.29) is 0 Å². The molecule has 0 aliphatic heterocycles. The van der Waals surface area contributed by atoms with Crippen LogP contribution in [0.4, 0.5) is 5.69 Å². The fraction of sp³-hybridized carbons (Fsp3) is 0. The van der Waals surface area contributed by atoms with Crippen LogP contribution < -0.4 is 0 Å². The smallest absolute Gasteiger partial charge is 0.187 e. The molecule has 0 fully saturated rings. The number of hydrogen-bond donors (Lipinski definition) is 0. The molecular weight excluding hydrogens is 777 g/mol. The first-order chi connectivity index (χ1) is 31.7. The third-order valence-electron chi connectivity index (χ3n) is 12.5. The van der Waals surface area contributed by atoms with Crippen molar-refractivity contribution in [3.05, 3.63) is 230 Å². The number of benzene rings is 10. The van der Waals surface area contributed by atoms with Crippen LogP contribution >= 0.6 is 0 Å². The molecule has 4 nitrogen and oxygen atoms in total. The minimum Gasteiger partial charge on any atom is -0.238 e. The Morgan fingerprint density at radius 2 is 0.797 bits per heavy atom. The molecule has 1 aliphatic rings. The lowest BCUT2D eigenvalue weighted by Crippen LogP contribution is -2.01. The van der Waals surface area contributed by atoms with Crippen molar-refractivity contribution < 1.29 is 0 Å². The van der Waals surface area contributed by atoms with E-state index in [9.17, 15) is 0 Å². The van der Waals surface area contributed by atoms with Gasteiger partial charge in [-0.05, 0) is 107 Å². The summed E-state index contributed by atoms with van der Waals surface area (Å²) >= 11 is 0. The summed E-state index contributed by atoms with van der Waals surface area (Å²) in [6, 6.07) is 76.4. The van der Waals surface area contributed by atoms with Crippen molar-refractivity contribution in [3.63, 3.8) is 0 Å². The molecule has 0 bridgehead atoms. The Balaban J connectivity index is 0.906. The lowest BCUT2D eigenvalue weighted by Gasteiger charge is -2.15. The summed E-state index contributed by atoms with van der Waals surface area (Å²) < 4.78 is 0. The maximum Gasteiger partial charge on any atom is 0.187 e. The van der Waals surface area contributed by atoms with Crippen molar-refractivity contribution in [2.75, 3.05) is 0 Å². The predicted molar refractivity (Wildman–Crippen MR) is 264 cm³/mol. The molecular formula is C60H36N4. The number of hydrogen-bond acceptors (Lipinski definition) is 3. The molecule has 1 heterocycles. The average Bonchev–Trinajstić information content (AvgIpc) is 3.70. The highest BCUT2D eigenvalue weighted by molar-refractivity contribution is 6.16. The first kappa shape index (κ1) is 37.0. The van der Waals surface area contributed by atoms with E-state index in [2.05, 4.69) is 175 Å². The highest BCUT2D eigenvalue weighted by atomic mass is 15.0. The van der Waals surface area contributed by atoms with Gasteiger partial charge in [-0.15, -0.1) is 0 Å². The summed E-state index contributed by atoms with van der Waals surface area (Å²) in [6.07, 6.45) is 0. The second-order valence-corrected chi connectivity index (χ2v) is 16.2. The quantitative estimate of drug-likeness (QED) is 0.151. The number of nitrogens with zero attached hydrogens (tertiary/aromatic N) is 4. The number of rotatable bonds is 7. The second-order valence-electron chi connectivity index (χ2n) is 16.2. The van der Waals surface area contributed by atoms with E-state index in [1.54, 1.807) is 0 Å². The number of aromatic nitrogens is 3. The molecule has 1 aromatic heterocycles. The Hall–Kier alpha value is -8.78. The lowest BCUT2D eigenvalue weighted by molar-refractivity contribution is 1.08. The van der Waals surface area contributed by atoms with E-state index in [0.717, 1.165) is 66.4 Å². The van der Waals surface area contributed by atoms with Gasteiger partial charge in [0.15, 0.2) is 23.2 Å². The van der Waals surface area contributed by atoms with E-state index >= 15 is 0 Å². The van der Waals surface area contributed by atoms with Gasteiger partial charge in [-0.1, -0.05) is 200 Å². The van der Waals surface area contributed by atoms with Crippen LogP contribution in [0.1, 0.15) is 0 Å². The highest BCUT2D eigenvalue weighted by Crippen LogP contribution is 2.49. The average molecular weight is 813 g/mol. The molecule has 11 aromatic rings. The summed E-state index contributed by atoms with van der Waals surface area (Å²) in [5.74, 6) is 1.86. The first-order valence-corrected chi connectivity index (χ1v) is 21.5. The zero-order valence-electron chi connectivity index (χ0n) is 34.6. The van der Waals surface area contributed by atoms with Crippen LogP contribution in [0, 0.1) is 6.57 Å². The Bertz CT molecular complexity index is 3650. The number of fused-ring (bicyclic) bond motifs is 4. The summed E-state index contributed by atoms with van der Waals surface area (Å²) in [5.41, 5.74) is 17.2. The molecule has 0 radical (unpaired) electrons. The molecule has 0 saturated heterocycles. The molecule has 0 amide bonds. The molecule has 4 heteroatoms. The first-order valence-electron chi connectivity index (χ1n) is 21.5. The maximum atomic E-state index is 7.87. The van der Waals surface area contributed by atoms with Gasteiger partial charge in [-0.3, -0.25) is 0 Å². The molecule has 0 spiro atoms. The summed E-state index contributed by atoms with van der Waals surface area (Å²) in [4.78, 5) is 19.1. The van der Waals surface area contributed by atoms with E-state index in [0.29, 0.717) is 23.2 Å². The van der Waals surface area contributed by atoms with E-state index in [1.165, 1.54) is 38.6 Å². The maximum absolute atomic E-state index is 7.87. The van der Waals surface area contributed by atoms with Crippen LogP contribution in [0.25, 0.3) is 127 Å². The Morgan fingerprint density at radius 3 is 1.53 bits per heavy atom. The molecule has 0 N–H and O–H groups in total. The summed E-state index contributed by atoms with van der Waals surface area (Å²) in [7, 11) is 0. The fourth-order valence-electron chi connectivity index (χ4n) is 9.43. The Morgan fingerprint density at radius 1 is 0.281 bits per heavy atom. The highest BCUT2D eigenvalue weighted by Gasteiger charge is 2.22. The van der Waals surface area contributed by atoms with Crippen LogP contribution in [-0.4, -0.2) is 15.0 Å². The van der Waals surface area contributed by atoms with Gasteiger partial charge in [0.1, 0.15) is 0 Å². The van der Waals surface area contributed by atoms with Crippen LogP contribution in [0.3, 0.4) is 0 Å². The molecule has 64 heavy (non-hydrogen) atoms. The van der Waals surface area contributed by atoms with Crippen LogP contribution in [0.15, 0.2) is 218 Å². The minimum atomic E-state index is 0.607. The molecule has 0 atom stereocenters. The predicted octanol–water partition coefficient (Wildman–Crippen LogP) is 16.0. The van der Waals surface area contributed by atoms with E-state index in [1.807, 2.05) is 48.5 Å². The van der Waals surface area contributed by atoms with E-state index in [4.69, 9.17) is 21.5 Å². The van der Waals surface area contributed by atoms with Gasteiger partial charge in [-0.2, -0.15) is 0 Å². The van der Waals surface area contributed by atoms with Crippen LogP contribution in [0.5, 0.6) is 0 Å². The van der Waals surface area contributed by atoms with Gasteiger partial charge in [0, 0.05) is 16.7 Å². The molecule has 1 aliphatic carbocycles. The molecule has 10 aromatic carbocycles. The van der Waals surface area contributed by atoms with Crippen molar-refractivity contribution in [3.8, 4) is 101 Å². The summed E-state index contributed by atoms with van der Waals surface area (Å²) in [6.45, 7) is 7.87.